The lowest BCUT2D eigenvalue weighted by atomic mass is 9.99. The number of aromatic nitrogens is 3. The minimum Gasteiger partial charge on any atom is -0.371 e. The lowest BCUT2D eigenvalue weighted by Gasteiger charge is -2.47. The first-order valence-corrected chi connectivity index (χ1v) is 9.28. The summed E-state index contributed by atoms with van der Waals surface area (Å²) < 4.78 is 32.7. The van der Waals surface area contributed by atoms with Gasteiger partial charge in [-0.05, 0) is 19.1 Å². The quantitative estimate of drug-likeness (QED) is 0.747. The van der Waals surface area contributed by atoms with Crippen molar-refractivity contribution in [2.75, 3.05) is 23.3 Å². The van der Waals surface area contributed by atoms with Crippen LogP contribution in [0.4, 0.5) is 20.4 Å². The van der Waals surface area contributed by atoms with E-state index in [0.717, 1.165) is 47.9 Å². The second-order valence-electron chi connectivity index (χ2n) is 7.33. The fraction of sp³-hybridized carbons (Fsp3) is 0.350. The van der Waals surface area contributed by atoms with Crippen molar-refractivity contribution in [3.63, 3.8) is 0 Å². The van der Waals surface area contributed by atoms with E-state index in [0.29, 0.717) is 11.4 Å². The number of piperidine rings is 1. The number of hydrogen-bond donors (Lipinski definition) is 1. The molecule has 6 nitrogen and oxygen atoms in total. The molecule has 3 fully saturated rings. The summed E-state index contributed by atoms with van der Waals surface area (Å²) in [7, 11) is 0. The first-order chi connectivity index (χ1) is 13.6. The third-order valence-electron chi connectivity index (χ3n) is 5.38. The Hall–Kier alpha value is -2.87. The third kappa shape index (κ3) is 3.03. The Bertz CT molecular complexity index is 1040. The van der Waals surface area contributed by atoms with Crippen LogP contribution < -0.4 is 10.2 Å². The molecule has 2 atom stereocenters. The molecule has 2 unspecified atom stereocenters. The highest BCUT2D eigenvalue weighted by molar-refractivity contribution is 5.94. The van der Waals surface area contributed by atoms with Crippen LogP contribution in [0.1, 0.15) is 17.7 Å². The molecule has 0 amide bonds. The van der Waals surface area contributed by atoms with Crippen molar-refractivity contribution in [3.8, 4) is 0 Å². The molecular weight excluding hydrogens is 364 g/mol. The summed E-state index contributed by atoms with van der Waals surface area (Å²) >= 11 is 0. The molecule has 0 saturated carbocycles. The minimum absolute atomic E-state index is 0.179. The maximum absolute atomic E-state index is 13.9. The molecule has 8 heteroatoms. The molecule has 6 rings (SSSR count). The number of fused-ring (bicyclic) bond motifs is 3. The number of aryl methyl sites for hydroxylation is 1. The average Bonchev–Trinajstić information content (AvgIpc) is 2.68. The summed E-state index contributed by atoms with van der Waals surface area (Å²) in [6.07, 6.45) is 3.49. The van der Waals surface area contributed by atoms with Crippen LogP contribution in [0.15, 0.2) is 30.5 Å². The number of benzene rings is 1. The van der Waals surface area contributed by atoms with Crippen LogP contribution in [0.5, 0.6) is 0 Å². The largest absolute Gasteiger partial charge is 0.371 e. The molecule has 3 saturated heterocycles. The number of morpholine rings is 1. The van der Waals surface area contributed by atoms with Crippen molar-refractivity contribution >= 4 is 22.4 Å². The van der Waals surface area contributed by atoms with Crippen LogP contribution in [0.3, 0.4) is 0 Å². The average molecular weight is 383 g/mol. The summed E-state index contributed by atoms with van der Waals surface area (Å²) in [6.45, 7) is 3.72. The highest BCUT2D eigenvalue weighted by Crippen LogP contribution is 2.32. The molecule has 5 heterocycles. The SMILES string of the molecule is Cc1nnc(NCc2ccc(F)cc2F)c2cc(N3CC4CC(C3)O4)ncc12. The van der Waals surface area contributed by atoms with Crippen molar-refractivity contribution in [3.05, 3.63) is 53.4 Å². The Morgan fingerprint density at radius 3 is 2.68 bits per heavy atom. The second kappa shape index (κ2) is 6.63. The Labute approximate surface area is 160 Å². The van der Waals surface area contributed by atoms with Gasteiger partial charge in [-0.3, -0.25) is 0 Å². The standard InChI is InChI=1S/C20H19F2N5O/c1-11-17-8-23-19(27-9-14-5-15(10-27)28-14)6-16(17)20(26-25-11)24-7-12-2-3-13(21)4-18(12)22/h2-4,6,8,14-15H,5,7,9-10H2,1H3,(H,24,26). The summed E-state index contributed by atoms with van der Waals surface area (Å²) in [4.78, 5) is 6.83. The Balaban J connectivity index is 1.45. The lowest BCUT2D eigenvalue weighted by molar-refractivity contribution is -0.133. The normalized spacial score (nSPS) is 20.9. The highest BCUT2D eigenvalue weighted by Gasteiger charge is 2.38. The van der Waals surface area contributed by atoms with Gasteiger partial charge >= 0.3 is 0 Å². The van der Waals surface area contributed by atoms with E-state index < -0.39 is 11.6 Å². The van der Waals surface area contributed by atoms with Gasteiger partial charge in [-0.15, -0.1) is 5.10 Å². The molecule has 3 aromatic rings. The second-order valence-corrected chi connectivity index (χ2v) is 7.33. The van der Waals surface area contributed by atoms with Crippen LogP contribution >= 0.6 is 0 Å². The van der Waals surface area contributed by atoms with Gasteiger partial charge < -0.3 is 15.0 Å². The Kier molecular flexibility index (Phi) is 4.08. The topological polar surface area (TPSA) is 63.2 Å². The Morgan fingerprint density at radius 1 is 1.14 bits per heavy atom. The summed E-state index contributed by atoms with van der Waals surface area (Å²) in [5.74, 6) is 0.230. The van der Waals surface area contributed by atoms with Crippen LogP contribution in [0.2, 0.25) is 0 Å². The zero-order chi connectivity index (χ0) is 19.3. The number of hydrogen-bond acceptors (Lipinski definition) is 6. The summed E-state index contributed by atoms with van der Waals surface area (Å²) in [6, 6.07) is 5.53. The lowest BCUT2D eigenvalue weighted by Crippen LogP contribution is -2.57. The van der Waals surface area contributed by atoms with Crippen LogP contribution in [-0.4, -0.2) is 40.5 Å². The van der Waals surface area contributed by atoms with Crippen molar-refractivity contribution in [2.24, 2.45) is 0 Å². The number of nitrogens with one attached hydrogen (secondary N) is 1. The van der Waals surface area contributed by atoms with Gasteiger partial charge in [-0.2, -0.15) is 5.10 Å². The molecule has 3 aliphatic heterocycles. The van der Waals surface area contributed by atoms with E-state index in [2.05, 4.69) is 25.4 Å². The van der Waals surface area contributed by atoms with Gasteiger partial charge in [0.2, 0.25) is 0 Å². The first kappa shape index (κ1) is 17.2. The van der Waals surface area contributed by atoms with Gasteiger partial charge in [0.25, 0.3) is 0 Å². The van der Waals surface area contributed by atoms with E-state index in [1.807, 2.05) is 13.0 Å². The fourth-order valence-electron chi connectivity index (χ4n) is 3.85. The molecule has 1 aromatic carbocycles. The van der Waals surface area contributed by atoms with Gasteiger partial charge in [-0.25, -0.2) is 13.8 Å². The van der Waals surface area contributed by atoms with Gasteiger partial charge in [0.15, 0.2) is 5.82 Å². The van der Waals surface area contributed by atoms with Gasteiger partial charge in [0, 0.05) is 54.7 Å². The number of anilines is 2. The van der Waals surface area contributed by atoms with E-state index in [1.165, 1.54) is 12.1 Å². The molecule has 0 aliphatic carbocycles. The van der Waals surface area contributed by atoms with E-state index in [9.17, 15) is 8.78 Å². The van der Waals surface area contributed by atoms with Crippen molar-refractivity contribution < 1.29 is 13.5 Å². The number of ether oxygens (including phenoxy) is 1. The number of halogens is 2. The monoisotopic (exact) mass is 383 g/mol. The number of rotatable bonds is 4. The molecule has 1 N–H and O–H groups in total. The predicted molar refractivity (Wildman–Crippen MR) is 101 cm³/mol. The molecule has 3 aliphatic rings. The minimum atomic E-state index is -0.596. The summed E-state index contributed by atoms with van der Waals surface area (Å²) in [5.41, 5.74) is 1.14. The van der Waals surface area contributed by atoms with E-state index in [4.69, 9.17) is 4.74 Å². The van der Waals surface area contributed by atoms with Crippen LogP contribution in [0.25, 0.3) is 10.8 Å². The zero-order valence-corrected chi connectivity index (χ0v) is 15.3. The molecule has 28 heavy (non-hydrogen) atoms. The Morgan fingerprint density at radius 2 is 1.93 bits per heavy atom. The third-order valence-corrected chi connectivity index (χ3v) is 5.38. The molecule has 2 bridgehead atoms. The maximum atomic E-state index is 13.9. The molecule has 0 spiro atoms. The number of nitrogens with zero attached hydrogens (tertiary/aromatic N) is 4. The van der Waals surface area contributed by atoms with Crippen molar-refractivity contribution in [2.45, 2.75) is 32.1 Å². The first-order valence-electron chi connectivity index (χ1n) is 9.28. The van der Waals surface area contributed by atoms with E-state index >= 15 is 0 Å². The van der Waals surface area contributed by atoms with Crippen molar-refractivity contribution in [1.29, 1.82) is 0 Å². The smallest absolute Gasteiger partial charge is 0.157 e. The molecule has 144 valence electrons. The predicted octanol–water partition coefficient (Wildman–Crippen LogP) is 3.20. The van der Waals surface area contributed by atoms with Crippen LogP contribution in [-0.2, 0) is 11.3 Å². The zero-order valence-electron chi connectivity index (χ0n) is 15.3. The highest BCUT2D eigenvalue weighted by atomic mass is 19.1. The maximum Gasteiger partial charge on any atom is 0.157 e. The van der Waals surface area contributed by atoms with E-state index in [-0.39, 0.29) is 18.8 Å². The fourth-order valence-corrected chi connectivity index (χ4v) is 3.85. The van der Waals surface area contributed by atoms with Gasteiger partial charge in [0.05, 0.1) is 17.9 Å². The number of pyridine rings is 1. The van der Waals surface area contributed by atoms with Crippen LogP contribution in [0, 0.1) is 18.6 Å². The molecular formula is C20H19F2N5O. The summed E-state index contributed by atoms with van der Waals surface area (Å²) in [5, 5.41) is 13.3. The molecule has 0 radical (unpaired) electrons. The van der Waals surface area contributed by atoms with Gasteiger partial charge in [-0.1, -0.05) is 6.07 Å². The molecule has 2 aromatic heterocycles. The van der Waals surface area contributed by atoms with E-state index in [1.54, 1.807) is 6.20 Å². The van der Waals surface area contributed by atoms with Crippen molar-refractivity contribution in [1.82, 2.24) is 15.2 Å². The van der Waals surface area contributed by atoms with Gasteiger partial charge in [0.1, 0.15) is 17.5 Å².